The van der Waals surface area contributed by atoms with E-state index < -0.39 is 11.2 Å². The maximum atomic E-state index is 11.0. The molecule has 0 fully saturated rings. The van der Waals surface area contributed by atoms with E-state index >= 15 is 0 Å². The SMILES string of the molecule is Cc1ccc(C(O)(/C=C/c2ccccc2)C(C)(C)O)cc1. The van der Waals surface area contributed by atoms with Crippen molar-refractivity contribution >= 4 is 6.08 Å². The molecule has 21 heavy (non-hydrogen) atoms. The second-order valence-electron chi connectivity index (χ2n) is 5.94. The first-order valence-corrected chi connectivity index (χ1v) is 7.09. The van der Waals surface area contributed by atoms with E-state index in [0.29, 0.717) is 5.56 Å². The molecule has 2 N–H and O–H groups in total. The van der Waals surface area contributed by atoms with Crippen LogP contribution < -0.4 is 0 Å². The minimum Gasteiger partial charge on any atom is -0.387 e. The van der Waals surface area contributed by atoms with Crippen molar-refractivity contribution in [3.8, 4) is 0 Å². The second kappa shape index (κ2) is 5.84. The Balaban J connectivity index is 2.43. The fourth-order valence-electron chi connectivity index (χ4n) is 2.24. The van der Waals surface area contributed by atoms with Gasteiger partial charge in [0.2, 0.25) is 0 Å². The molecule has 0 aliphatic carbocycles. The van der Waals surface area contributed by atoms with Crippen molar-refractivity contribution in [2.45, 2.75) is 32.0 Å². The van der Waals surface area contributed by atoms with Crippen molar-refractivity contribution in [1.29, 1.82) is 0 Å². The van der Waals surface area contributed by atoms with Gasteiger partial charge >= 0.3 is 0 Å². The molecule has 0 bridgehead atoms. The molecule has 0 amide bonds. The van der Waals surface area contributed by atoms with E-state index in [9.17, 15) is 10.2 Å². The Hall–Kier alpha value is -1.90. The number of aliphatic hydroxyl groups is 2. The minimum atomic E-state index is -1.45. The van der Waals surface area contributed by atoms with Crippen molar-refractivity contribution in [2.24, 2.45) is 0 Å². The summed E-state index contributed by atoms with van der Waals surface area (Å²) in [5.74, 6) is 0. The smallest absolute Gasteiger partial charge is 0.136 e. The third kappa shape index (κ3) is 3.41. The molecule has 2 rings (SSSR count). The number of hydrogen-bond acceptors (Lipinski definition) is 2. The van der Waals surface area contributed by atoms with E-state index in [4.69, 9.17) is 0 Å². The van der Waals surface area contributed by atoms with Crippen molar-refractivity contribution in [1.82, 2.24) is 0 Å². The van der Waals surface area contributed by atoms with Crippen LogP contribution in [0.5, 0.6) is 0 Å². The number of benzene rings is 2. The molecule has 1 atom stereocenters. The average molecular weight is 282 g/mol. The molecule has 2 aromatic carbocycles. The van der Waals surface area contributed by atoms with E-state index in [2.05, 4.69) is 0 Å². The van der Waals surface area contributed by atoms with E-state index in [-0.39, 0.29) is 0 Å². The van der Waals surface area contributed by atoms with E-state index in [1.54, 1.807) is 19.9 Å². The van der Waals surface area contributed by atoms with Crippen LogP contribution in [0.2, 0.25) is 0 Å². The lowest BCUT2D eigenvalue weighted by Gasteiger charge is -2.37. The quantitative estimate of drug-likeness (QED) is 0.898. The zero-order chi connectivity index (χ0) is 15.5. The lowest BCUT2D eigenvalue weighted by molar-refractivity contribution is -0.104. The highest BCUT2D eigenvalue weighted by molar-refractivity contribution is 5.52. The molecule has 1 unspecified atom stereocenters. The Morgan fingerprint density at radius 3 is 1.95 bits per heavy atom. The standard InChI is InChI=1S/C19H22O2/c1-15-9-11-17(12-10-15)19(21,18(2,3)20)14-13-16-7-5-4-6-8-16/h4-14,20-21H,1-3H3/b14-13+. The average Bonchev–Trinajstić information content (AvgIpc) is 2.45. The molecule has 110 valence electrons. The van der Waals surface area contributed by atoms with Crippen molar-refractivity contribution < 1.29 is 10.2 Å². The van der Waals surface area contributed by atoms with Crippen LogP contribution in [0, 0.1) is 6.92 Å². The Morgan fingerprint density at radius 2 is 1.43 bits per heavy atom. The van der Waals surface area contributed by atoms with Gasteiger partial charge in [-0.25, -0.2) is 0 Å². The highest BCUT2D eigenvalue weighted by atomic mass is 16.4. The van der Waals surface area contributed by atoms with Gasteiger partial charge in [-0.05, 0) is 38.0 Å². The second-order valence-corrected chi connectivity index (χ2v) is 5.94. The molecule has 2 aromatic rings. The van der Waals surface area contributed by atoms with Crippen LogP contribution >= 0.6 is 0 Å². The normalized spacial score (nSPS) is 15.1. The summed E-state index contributed by atoms with van der Waals surface area (Å²) in [5.41, 5.74) is 0.0216. The largest absolute Gasteiger partial charge is 0.387 e. The van der Waals surface area contributed by atoms with Gasteiger partial charge in [0, 0.05) is 0 Å². The summed E-state index contributed by atoms with van der Waals surface area (Å²) >= 11 is 0. The molecular weight excluding hydrogens is 260 g/mol. The summed E-state index contributed by atoms with van der Waals surface area (Å²) in [6, 6.07) is 17.3. The van der Waals surface area contributed by atoms with Gasteiger partial charge < -0.3 is 10.2 Å². The Morgan fingerprint density at radius 1 is 0.857 bits per heavy atom. The fourth-order valence-corrected chi connectivity index (χ4v) is 2.24. The number of hydrogen-bond donors (Lipinski definition) is 2. The van der Waals surface area contributed by atoms with Crippen LogP contribution in [0.4, 0.5) is 0 Å². The molecule has 0 saturated heterocycles. The molecule has 0 saturated carbocycles. The fraction of sp³-hybridized carbons (Fsp3) is 0.263. The first-order valence-electron chi connectivity index (χ1n) is 7.09. The summed E-state index contributed by atoms with van der Waals surface area (Å²) in [7, 11) is 0. The lowest BCUT2D eigenvalue weighted by Crippen LogP contribution is -2.45. The predicted molar refractivity (Wildman–Crippen MR) is 86.8 cm³/mol. The van der Waals surface area contributed by atoms with Crippen LogP contribution in [0.15, 0.2) is 60.7 Å². The number of rotatable bonds is 4. The summed E-state index contributed by atoms with van der Waals surface area (Å²) in [4.78, 5) is 0. The predicted octanol–water partition coefficient (Wildman–Crippen LogP) is 3.67. The third-order valence-electron chi connectivity index (χ3n) is 3.74. The minimum absolute atomic E-state index is 0.674. The highest BCUT2D eigenvalue weighted by Gasteiger charge is 2.41. The van der Waals surface area contributed by atoms with Gasteiger partial charge in [-0.1, -0.05) is 66.2 Å². The van der Waals surface area contributed by atoms with Crippen molar-refractivity contribution in [2.75, 3.05) is 0 Å². The topological polar surface area (TPSA) is 40.5 Å². The maximum absolute atomic E-state index is 11.0. The zero-order valence-corrected chi connectivity index (χ0v) is 12.7. The van der Waals surface area contributed by atoms with Crippen LogP contribution in [0.1, 0.15) is 30.5 Å². The van der Waals surface area contributed by atoms with Crippen LogP contribution in [-0.2, 0) is 5.60 Å². The van der Waals surface area contributed by atoms with Crippen molar-refractivity contribution in [3.63, 3.8) is 0 Å². The third-order valence-corrected chi connectivity index (χ3v) is 3.74. The maximum Gasteiger partial charge on any atom is 0.136 e. The Labute approximate surface area is 126 Å². The van der Waals surface area contributed by atoms with Crippen LogP contribution in [-0.4, -0.2) is 15.8 Å². The number of aryl methyl sites for hydroxylation is 1. The molecule has 0 aromatic heterocycles. The molecule has 0 aliphatic rings. The molecule has 0 radical (unpaired) electrons. The molecule has 0 spiro atoms. The van der Waals surface area contributed by atoms with Gasteiger partial charge in [0.1, 0.15) is 5.60 Å². The molecule has 0 heterocycles. The van der Waals surface area contributed by atoms with Gasteiger partial charge in [-0.3, -0.25) is 0 Å². The van der Waals surface area contributed by atoms with E-state index in [1.165, 1.54) is 0 Å². The van der Waals surface area contributed by atoms with Gasteiger partial charge in [-0.2, -0.15) is 0 Å². The lowest BCUT2D eigenvalue weighted by atomic mass is 9.79. The molecular formula is C19H22O2. The van der Waals surface area contributed by atoms with E-state index in [0.717, 1.165) is 11.1 Å². The van der Waals surface area contributed by atoms with Crippen LogP contribution in [0.3, 0.4) is 0 Å². The van der Waals surface area contributed by atoms with Crippen molar-refractivity contribution in [3.05, 3.63) is 77.4 Å². The highest BCUT2D eigenvalue weighted by Crippen LogP contribution is 2.35. The van der Waals surface area contributed by atoms with Gasteiger partial charge in [-0.15, -0.1) is 0 Å². The van der Waals surface area contributed by atoms with Crippen LogP contribution in [0.25, 0.3) is 6.08 Å². The Kier molecular flexibility index (Phi) is 4.31. The van der Waals surface area contributed by atoms with E-state index in [1.807, 2.05) is 67.6 Å². The summed E-state index contributed by atoms with van der Waals surface area (Å²) < 4.78 is 0. The first kappa shape index (κ1) is 15.5. The molecule has 2 heteroatoms. The molecule has 0 aliphatic heterocycles. The molecule has 2 nitrogen and oxygen atoms in total. The Bertz CT molecular complexity index is 606. The zero-order valence-electron chi connectivity index (χ0n) is 12.7. The van der Waals surface area contributed by atoms with Gasteiger partial charge in [0.25, 0.3) is 0 Å². The summed E-state index contributed by atoms with van der Waals surface area (Å²) in [5, 5.41) is 21.5. The monoisotopic (exact) mass is 282 g/mol. The first-order chi connectivity index (χ1) is 9.83. The van der Waals surface area contributed by atoms with Gasteiger partial charge in [0.15, 0.2) is 0 Å². The summed E-state index contributed by atoms with van der Waals surface area (Å²) in [6.07, 6.45) is 3.49. The van der Waals surface area contributed by atoms with Gasteiger partial charge in [0.05, 0.1) is 5.60 Å². The summed E-state index contributed by atoms with van der Waals surface area (Å²) in [6.45, 7) is 5.22.